The molecule has 0 aliphatic heterocycles. The fourth-order valence-corrected chi connectivity index (χ4v) is 2.39. The number of nitrogens with one attached hydrogen (secondary N) is 2. The molecule has 2 aromatic heterocycles. The van der Waals surface area contributed by atoms with Gasteiger partial charge in [0.2, 0.25) is 16.4 Å². The lowest BCUT2D eigenvalue weighted by atomic mass is 10.5. The van der Waals surface area contributed by atoms with E-state index in [4.69, 9.17) is 11.6 Å². The molecule has 0 radical (unpaired) electrons. The van der Waals surface area contributed by atoms with Crippen LogP contribution in [0.2, 0.25) is 5.28 Å². The number of H-pyrrole nitrogens is 1. The highest BCUT2D eigenvalue weighted by Gasteiger charge is 2.12. The molecule has 2 heterocycles. The van der Waals surface area contributed by atoms with Gasteiger partial charge < -0.3 is 5.32 Å². The van der Waals surface area contributed by atoms with Crippen LogP contribution < -0.4 is 11.0 Å². The van der Waals surface area contributed by atoms with Crippen LogP contribution in [-0.2, 0) is 6.54 Å². The van der Waals surface area contributed by atoms with Gasteiger partial charge in [0.1, 0.15) is 0 Å². The smallest absolute Gasteiger partial charge is 0.343 e. The van der Waals surface area contributed by atoms with Crippen molar-refractivity contribution < 1.29 is 0 Å². The summed E-state index contributed by atoms with van der Waals surface area (Å²) in [5.41, 5.74) is -0.252. The van der Waals surface area contributed by atoms with Crippen LogP contribution in [0.5, 0.6) is 0 Å². The highest BCUT2D eigenvalue weighted by molar-refractivity contribution is 7.99. The predicted molar refractivity (Wildman–Crippen MR) is 71.6 cm³/mol. The second-order valence-electron chi connectivity index (χ2n) is 3.53. The second kappa shape index (κ2) is 6.02. The Morgan fingerprint density at radius 1 is 1.42 bits per heavy atom. The van der Waals surface area contributed by atoms with E-state index in [0.717, 1.165) is 18.2 Å². The molecule has 0 saturated heterocycles. The number of aromatic nitrogens is 6. The SMILES string of the molecule is CCCn1c(Sc2nc(Cl)nc(NC)n2)n[nH]c1=O. The molecule has 2 aromatic rings. The fourth-order valence-electron chi connectivity index (χ4n) is 1.37. The Morgan fingerprint density at radius 3 is 2.89 bits per heavy atom. The molecule has 0 bridgehead atoms. The molecule has 0 unspecified atom stereocenters. The van der Waals surface area contributed by atoms with Gasteiger partial charge in [-0.3, -0.25) is 4.57 Å². The minimum atomic E-state index is -0.252. The Morgan fingerprint density at radius 2 is 2.21 bits per heavy atom. The van der Waals surface area contributed by atoms with Crippen molar-refractivity contribution >= 4 is 29.3 Å². The van der Waals surface area contributed by atoms with E-state index in [1.54, 1.807) is 7.05 Å². The first-order valence-corrected chi connectivity index (χ1v) is 6.76. The van der Waals surface area contributed by atoms with Gasteiger partial charge in [-0.1, -0.05) is 6.92 Å². The standard InChI is InChI=1S/C9H12ClN7OS/c1-3-4-17-8(18)15-16-9(17)19-7-13-5(10)12-6(11-2)14-7/h3-4H2,1-2H3,(H,15,18)(H,11,12,13,14). The van der Waals surface area contributed by atoms with Crippen LogP contribution in [0, 0.1) is 0 Å². The third kappa shape index (κ3) is 3.24. The maximum Gasteiger partial charge on any atom is 0.343 e. The average Bonchev–Trinajstić information content (AvgIpc) is 2.71. The highest BCUT2D eigenvalue weighted by atomic mass is 35.5. The molecule has 0 atom stereocenters. The molecule has 0 fully saturated rings. The summed E-state index contributed by atoms with van der Waals surface area (Å²) in [5, 5.41) is 10.1. The van der Waals surface area contributed by atoms with Gasteiger partial charge >= 0.3 is 5.69 Å². The summed E-state index contributed by atoms with van der Waals surface area (Å²) in [4.78, 5) is 23.5. The Balaban J connectivity index is 2.30. The van der Waals surface area contributed by atoms with Gasteiger partial charge in [-0.15, -0.1) is 5.10 Å². The quantitative estimate of drug-likeness (QED) is 0.850. The molecule has 19 heavy (non-hydrogen) atoms. The largest absolute Gasteiger partial charge is 0.357 e. The molecule has 0 aromatic carbocycles. The number of nitrogens with zero attached hydrogens (tertiary/aromatic N) is 5. The van der Waals surface area contributed by atoms with Crippen molar-refractivity contribution in [2.24, 2.45) is 0 Å². The third-order valence-electron chi connectivity index (χ3n) is 2.16. The van der Waals surface area contributed by atoms with E-state index < -0.39 is 0 Å². The monoisotopic (exact) mass is 301 g/mol. The molecule has 0 aliphatic rings. The number of hydrogen-bond acceptors (Lipinski definition) is 7. The minimum absolute atomic E-state index is 0.0850. The van der Waals surface area contributed by atoms with Crippen molar-refractivity contribution in [1.29, 1.82) is 0 Å². The Kier molecular flexibility index (Phi) is 4.38. The van der Waals surface area contributed by atoms with E-state index in [9.17, 15) is 4.79 Å². The fraction of sp³-hybridized carbons (Fsp3) is 0.444. The molecule has 0 saturated carbocycles. The Hall–Kier alpha value is -1.61. The third-order valence-corrected chi connectivity index (χ3v) is 3.19. The molecule has 102 valence electrons. The Labute approximate surface area is 118 Å². The Bertz CT molecular complexity index is 625. The number of aromatic amines is 1. The first kappa shape index (κ1) is 13.8. The van der Waals surface area contributed by atoms with E-state index in [-0.39, 0.29) is 11.0 Å². The van der Waals surface area contributed by atoms with E-state index in [0.29, 0.717) is 22.8 Å². The molecule has 2 N–H and O–H groups in total. The lowest BCUT2D eigenvalue weighted by molar-refractivity contribution is 0.603. The summed E-state index contributed by atoms with van der Waals surface area (Å²) in [6.07, 6.45) is 0.826. The average molecular weight is 302 g/mol. The lowest BCUT2D eigenvalue weighted by Crippen LogP contribution is -2.17. The van der Waals surface area contributed by atoms with E-state index in [2.05, 4.69) is 30.5 Å². The molecule has 2 rings (SSSR count). The van der Waals surface area contributed by atoms with Gasteiger partial charge in [0.05, 0.1) is 0 Å². The number of halogens is 1. The second-order valence-corrected chi connectivity index (χ2v) is 4.80. The molecule has 10 heteroatoms. The van der Waals surface area contributed by atoms with E-state index in [1.807, 2.05) is 6.92 Å². The zero-order valence-electron chi connectivity index (χ0n) is 10.3. The summed E-state index contributed by atoms with van der Waals surface area (Å²) in [5.74, 6) is 0.363. The van der Waals surface area contributed by atoms with Gasteiger partial charge in [0, 0.05) is 13.6 Å². The predicted octanol–water partition coefficient (Wildman–Crippen LogP) is 1.01. The molecule has 0 aliphatic carbocycles. The summed E-state index contributed by atoms with van der Waals surface area (Å²) >= 11 is 6.94. The van der Waals surface area contributed by atoms with Crippen LogP contribution in [0.4, 0.5) is 5.95 Å². The normalized spacial score (nSPS) is 10.7. The van der Waals surface area contributed by atoms with Crippen LogP contribution >= 0.6 is 23.4 Å². The van der Waals surface area contributed by atoms with Crippen molar-refractivity contribution in [3.05, 3.63) is 15.8 Å². The van der Waals surface area contributed by atoms with Gasteiger partial charge in [-0.2, -0.15) is 15.0 Å². The van der Waals surface area contributed by atoms with Crippen LogP contribution in [0.1, 0.15) is 13.3 Å². The van der Waals surface area contributed by atoms with Crippen molar-refractivity contribution in [1.82, 2.24) is 29.7 Å². The van der Waals surface area contributed by atoms with E-state index in [1.165, 1.54) is 4.57 Å². The van der Waals surface area contributed by atoms with Crippen molar-refractivity contribution in [3.8, 4) is 0 Å². The highest BCUT2D eigenvalue weighted by Crippen LogP contribution is 2.23. The topological polar surface area (TPSA) is 101 Å². The van der Waals surface area contributed by atoms with Crippen LogP contribution in [0.25, 0.3) is 0 Å². The maximum absolute atomic E-state index is 11.6. The zero-order valence-corrected chi connectivity index (χ0v) is 11.9. The minimum Gasteiger partial charge on any atom is -0.357 e. The summed E-state index contributed by atoms with van der Waals surface area (Å²) in [6.45, 7) is 2.56. The number of hydrogen-bond donors (Lipinski definition) is 2. The molecule has 0 spiro atoms. The lowest BCUT2D eigenvalue weighted by Gasteiger charge is -2.04. The molecule has 8 nitrogen and oxygen atoms in total. The number of anilines is 1. The van der Waals surface area contributed by atoms with Crippen molar-refractivity contribution in [2.45, 2.75) is 30.2 Å². The summed E-state index contributed by atoms with van der Waals surface area (Å²) in [6, 6.07) is 0. The van der Waals surface area contributed by atoms with E-state index >= 15 is 0 Å². The summed E-state index contributed by atoms with van der Waals surface area (Å²) < 4.78 is 1.53. The van der Waals surface area contributed by atoms with Gasteiger partial charge in [0.15, 0.2) is 5.16 Å². The molecular formula is C9H12ClN7OS. The van der Waals surface area contributed by atoms with Crippen molar-refractivity contribution in [3.63, 3.8) is 0 Å². The molecular weight excluding hydrogens is 290 g/mol. The van der Waals surface area contributed by atoms with Crippen LogP contribution in [-0.4, -0.2) is 36.8 Å². The van der Waals surface area contributed by atoms with Gasteiger partial charge in [0.25, 0.3) is 0 Å². The first-order valence-electron chi connectivity index (χ1n) is 5.56. The maximum atomic E-state index is 11.6. The van der Waals surface area contributed by atoms with Gasteiger partial charge in [-0.25, -0.2) is 9.89 Å². The van der Waals surface area contributed by atoms with Crippen molar-refractivity contribution in [2.75, 3.05) is 12.4 Å². The first-order chi connectivity index (χ1) is 9.13. The van der Waals surface area contributed by atoms with Crippen LogP contribution in [0.15, 0.2) is 15.1 Å². The van der Waals surface area contributed by atoms with Gasteiger partial charge in [-0.05, 0) is 29.8 Å². The van der Waals surface area contributed by atoms with Crippen LogP contribution in [0.3, 0.4) is 0 Å². The molecule has 0 amide bonds. The zero-order chi connectivity index (χ0) is 13.8. The number of rotatable bonds is 5. The summed E-state index contributed by atoms with van der Waals surface area (Å²) in [7, 11) is 1.68.